The van der Waals surface area contributed by atoms with Crippen molar-refractivity contribution in [1.29, 1.82) is 0 Å². The molecule has 0 saturated heterocycles. The van der Waals surface area contributed by atoms with Crippen LogP contribution < -0.4 is 4.46 Å². The summed E-state index contributed by atoms with van der Waals surface area (Å²) in [5, 5.41) is 0.237. The van der Waals surface area contributed by atoms with E-state index in [2.05, 4.69) is 0 Å². The van der Waals surface area contributed by atoms with Crippen molar-refractivity contribution in [2.75, 3.05) is 0 Å². The average Bonchev–Trinajstić information content (AvgIpc) is 2.04. The van der Waals surface area contributed by atoms with E-state index in [0.29, 0.717) is 0 Å². The molecule has 0 N–H and O–H groups in total. The summed E-state index contributed by atoms with van der Waals surface area (Å²) in [6.45, 7) is 0. The van der Waals surface area contributed by atoms with Gasteiger partial charge >= 0.3 is 80.8 Å². The molecule has 0 bridgehead atoms. The first-order chi connectivity index (χ1) is 6.08. The molecular formula is C9H9F3Se. The molecule has 4 heteroatoms. The molecular weight excluding hydrogens is 244 g/mol. The molecule has 0 radical (unpaired) electrons. The second-order valence-electron chi connectivity index (χ2n) is 2.53. The summed E-state index contributed by atoms with van der Waals surface area (Å²) < 4.78 is 36.3. The maximum atomic E-state index is 11.8. The van der Waals surface area contributed by atoms with Crippen molar-refractivity contribution < 1.29 is 13.2 Å². The van der Waals surface area contributed by atoms with Crippen molar-refractivity contribution in [3.63, 3.8) is 0 Å². The summed E-state index contributed by atoms with van der Waals surface area (Å²) in [6.07, 6.45) is -4.67. The fourth-order valence-electron chi connectivity index (χ4n) is 0.801. The molecule has 1 rings (SSSR count). The SMILES string of the molecule is FC(F)(F)CC[Se]c1ccccc1. The second-order valence-corrected chi connectivity index (χ2v) is 4.98. The third kappa shape index (κ3) is 4.96. The molecule has 0 aromatic heterocycles. The molecule has 0 aliphatic heterocycles. The molecule has 0 aliphatic rings. The van der Waals surface area contributed by atoms with E-state index in [4.69, 9.17) is 0 Å². The average molecular weight is 253 g/mol. The number of hydrogen-bond acceptors (Lipinski definition) is 0. The van der Waals surface area contributed by atoms with Crippen LogP contribution in [0.3, 0.4) is 0 Å². The maximum absolute atomic E-state index is 11.8. The molecule has 0 spiro atoms. The molecule has 0 fully saturated rings. The Hall–Kier alpha value is -0.471. The van der Waals surface area contributed by atoms with Gasteiger partial charge in [0, 0.05) is 0 Å². The van der Waals surface area contributed by atoms with E-state index >= 15 is 0 Å². The van der Waals surface area contributed by atoms with Crippen molar-refractivity contribution in [3.8, 4) is 0 Å². The van der Waals surface area contributed by atoms with Crippen LogP contribution in [0.5, 0.6) is 0 Å². The minimum atomic E-state index is -4.00. The predicted octanol–water partition coefficient (Wildman–Crippen LogP) is 2.39. The fraction of sp³-hybridized carbons (Fsp3) is 0.333. The van der Waals surface area contributed by atoms with Gasteiger partial charge in [-0.3, -0.25) is 0 Å². The molecule has 0 saturated carbocycles. The van der Waals surface area contributed by atoms with Gasteiger partial charge in [-0.1, -0.05) is 0 Å². The molecule has 0 atom stereocenters. The first kappa shape index (κ1) is 10.6. The summed E-state index contributed by atoms with van der Waals surface area (Å²) in [4.78, 5) is 0. The summed E-state index contributed by atoms with van der Waals surface area (Å²) in [6, 6.07) is 9.31. The number of benzene rings is 1. The standard InChI is InChI=1S/C9H9F3Se/c10-9(11,12)6-7-13-8-4-2-1-3-5-8/h1-5H,6-7H2. The molecule has 0 nitrogen and oxygen atoms in total. The Labute approximate surface area is 81.3 Å². The van der Waals surface area contributed by atoms with Crippen molar-refractivity contribution in [1.82, 2.24) is 0 Å². The van der Waals surface area contributed by atoms with Gasteiger partial charge in [-0.15, -0.1) is 0 Å². The summed E-state index contributed by atoms with van der Waals surface area (Å²) >= 11 is -0.0449. The zero-order valence-electron chi connectivity index (χ0n) is 6.84. The number of halogens is 3. The fourth-order valence-corrected chi connectivity index (χ4v) is 2.73. The predicted molar refractivity (Wildman–Crippen MR) is 47.3 cm³/mol. The zero-order valence-corrected chi connectivity index (χ0v) is 8.56. The van der Waals surface area contributed by atoms with Gasteiger partial charge in [0.25, 0.3) is 0 Å². The minimum absolute atomic E-state index is 0.0449. The zero-order chi connectivity index (χ0) is 9.73. The van der Waals surface area contributed by atoms with Crippen LogP contribution in [-0.2, 0) is 0 Å². The Balaban J connectivity index is 2.29. The van der Waals surface area contributed by atoms with Crippen LogP contribution in [0.1, 0.15) is 6.42 Å². The topological polar surface area (TPSA) is 0 Å². The van der Waals surface area contributed by atoms with Gasteiger partial charge in [-0.05, 0) is 0 Å². The molecule has 72 valence electrons. The van der Waals surface area contributed by atoms with Crippen LogP contribution in [0.2, 0.25) is 5.32 Å². The van der Waals surface area contributed by atoms with E-state index in [1.807, 2.05) is 30.3 Å². The van der Waals surface area contributed by atoms with Crippen molar-refractivity contribution in [3.05, 3.63) is 30.3 Å². The molecule has 0 unspecified atom stereocenters. The van der Waals surface area contributed by atoms with E-state index in [0.717, 1.165) is 4.46 Å². The van der Waals surface area contributed by atoms with Gasteiger partial charge in [0.1, 0.15) is 0 Å². The van der Waals surface area contributed by atoms with Crippen LogP contribution >= 0.6 is 0 Å². The third-order valence-electron chi connectivity index (χ3n) is 1.40. The Morgan fingerprint density at radius 3 is 2.23 bits per heavy atom. The van der Waals surface area contributed by atoms with Crippen LogP contribution in [0.25, 0.3) is 0 Å². The summed E-state index contributed by atoms with van der Waals surface area (Å²) in [5.41, 5.74) is 0. The van der Waals surface area contributed by atoms with Gasteiger partial charge in [0.15, 0.2) is 0 Å². The van der Waals surface area contributed by atoms with Gasteiger partial charge in [0.2, 0.25) is 0 Å². The van der Waals surface area contributed by atoms with Crippen molar-refractivity contribution in [2.45, 2.75) is 17.9 Å². The first-order valence-electron chi connectivity index (χ1n) is 3.82. The van der Waals surface area contributed by atoms with Gasteiger partial charge in [0.05, 0.1) is 0 Å². The van der Waals surface area contributed by atoms with E-state index in [1.54, 1.807) is 0 Å². The Kier molecular flexibility index (Phi) is 3.82. The summed E-state index contributed by atoms with van der Waals surface area (Å²) in [5.74, 6) is 0. The Morgan fingerprint density at radius 1 is 1.08 bits per heavy atom. The monoisotopic (exact) mass is 254 g/mol. The van der Waals surface area contributed by atoms with E-state index in [-0.39, 0.29) is 20.3 Å². The first-order valence-corrected chi connectivity index (χ1v) is 5.89. The van der Waals surface area contributed by atoms with Gasteiger partial charge in [-0.2, -0.15) is 0 Å². The molecule has 0 aliphatic carbocycles. The number of hydrogen-bond donors (Lipinski definition) is 0. The van der Waals surface area contributed by atoms with E-state index in [1.165, 1.54) is 0 Å². The van der Waals surface area contributed by atoms with E-state index in [9.17, 15) is 13.2 Å². The summed E-state index contributed by atoms with van der Waals surface area (Å²) in [7, 11) is 0. The van der Waals surface area contributed by atoms with Crippen LogP contribution in [0.4, 0.5) is 13.2 Å². The Morgan fingerprint density at radius 2 is 1.69 bits per heavy atom. The number of alkyl halides is 3. The van der Waals surface area contributed by atoms with E-state index < -0.39 is 12.6 Å². The van der Waals surface area contributed by atoms with Gasteiger partial charge in [-0.25, -0.2) is 0 Å². The van der Waals surface area contributed by atoms with Crippen molar-refractivity contribution >= 4 is 19.4 Å². The quantitative estimate of drug-likeness (QED) is 0.725. The molecule has 1 aromatic carbocycles. The van der Waals surface area contributed by atoms with Gasteiger partial charge < -0.3 is 0 Å². The molecule has 0 amide bonds. The van der Waals surface area contributed by atoms with Crippen LogP contribution in [0.15, 0.2) is 30.3 Å². The van der Waals surface area contributed by atoms with Crippen molar-refractivity contribution in [2.24, 2.45) is 0 Å². The van der Waals surface area contributed by atoms with Crippen LogP contribution in [0, 0.1) is 0 Å². The molecule has 1 aromatic rings. The molecule has 13 heavy (non-hydrogen) atoms. The molecule has 0 heterocycles. The normalized spacial score (nSPS) is 11.6. The number of rotatable bonds is 3. The third-order valence-corrected chi connectivity index (χ3v) is 3.52. The second kappa shape index (κ2) is 4.68. The Bertz CT molecular complexity index is 243. The van der Waals surface area contributed by atoms with Crippen LogP contribution in [-0.4, -0.2) is 21.1 Å².